The van der Waals surface area contributed by atoms with Gasteiger partial charge < -0.3 is 14.7 Å². The van der Waals surface area contributed by atoms with Crippen LogP contribution in [-0.4, -0.2) is 55.4 Å². The van der Waals surface area contributed by atoms with Crippen LogP contribution in [0.2, 0.25) is 0 Å². The molecule has 18 heavy (non-hydrogen) atoms. The Balaban J connectivity index is 0.00000137. The summed E-state index contributed by atoms with van der Waals surface area (Å²) in [6.07, 6.45) is 0.467. The maximum absolute atomic E-state index is 11.9. The summed E-state index contributed by atoms with van der Waals surface area (Å²) < 4.78 is 5.21. The average molecular weight is 251 g/mol. The van der Waals surface area contributed by atoms with E-state index in [4.69, 9.17) is 25.5 Å². The summed E-state index contributed by atoms with van der Waals surface area (Å²) in [5.74, 6) is 0. The molecule has 0 saturated carbocycles. The van der Waals surface area contributed by atoms with Gasteiger partial charge >= 0.3 is 6.09 Å². The summed E-state index contributed by atoms with van der Waals surface area (Å²) in [5, 5.41) is 7.93. The Labute approximate surface area is 113 Å². The normalized spacial score (nSPS) is 22.1. The lowest BCUT2D eigenvalue weighted by atomic mass is 9.60. The van der Waals surface area contributed by atoms with Crippen molar-refractivity contribution in [2.75, 3.05) is 6.61 Å². The van der Waals surface area contributed by atoms with E-state index in [1.54, 1.807) is 20.8 Å². The van der Waals surface area contributed by atoms with E-state index in [9.17, 15) is 4.79 Å². The number of carbonyl (C=O) groups excluding carboxylic acids is 1. The summed E-state index contributed by atoms with van der Waals surface area (Å²) in [5.41, 5.74) is -0.601. The molecule has 0 bridgehead atoms. The lowest BCUT2D eigenvalue weighted by Gasteiger charge is -2.37. The van der Waals surface area contributed by atoms with Gasteiger partial charge in [-0.1, -0.05) is 13.8 Å². The molecule has 1 unspecified atom stereocenters. The monoisotopic (exact) mass is 251 g/mol. The van der Waals surface area contributed by atoms with Crippen molar-refractivity contribution < 1.29 is 14.6 Å². The minimum atomic E-state index is -1.23. The molecule has 0 spiro atoms. The van der Waals surface area contributed by atoms with Gasteiger partial charge in [0, 0.05) is 0 Å². The predicted molar refractivity (Wildman–Crippen MR) is 73.8 cm³/mol. The summed E-state index contributed by atoms with van der Waals surface area (Å²) in [6, 6.07) is -0.357. The van der Waals surface area contributed by atoms with Gasteiger partial charge in [-0.05, 0) is 39.0 Å². The molecule has 0 aromatic carbocycles. The fourth-order valence-electron chi connectivity index (χ4n) is 1.79. The van der Waals surface area contributed by atoms with E-state index in [2.05, 4.69) is 0 Å². The van der Waals surface area contributed by atoms with Crippen molar-refractivity contribution in [1.82, 2.24) is 4.90 Å². The topological polar surface area (TPSA) is 49.8 Å². The fourth-order valence-corrected chi connectivity index (χ4v) is 1.79. The Morgan fingerprint density at radius 3 is 2.33 bits per heavy atom. The molecule has 1 rings (SSSR count). The number of hydrogen-bond donors (Lipinski definition) is 1. The van der Waals surface area contributed by atoms with E-state index in [0.29, 0.717) is 12.8 Å². The molecule has 1 saturated heterocycles. The molecule has 1 fully saturated rings. The maximum Gasteiger partial charge on any atom is 0.409 e. The van der Waals surface area contributed by atoms with E-state index in [0.717, 1.165) is 0 Å². The summed E-state index contributed by atoms with van der Waals surface area (Å²) in [7, 11) is 11.6. The van der Waals surface area contributed by atoms with E-state index in [-0.39, 0.29) is 12.6 Å². The highest BCUT2D eigenvalue weighted by atomic mass is 16.6. The number of ether oxygens (including phenoxy) is 1. The van der Waals surface area contributed by atoms with Crippen LogP contribution in [-0.2, 0) is 4.74 Å². The second-order valence-electron chi connectivity index (χ2n) is 5.22. The Morgan fingerprint density at radius 2 is 1.94 bits per heavy atom. The van der Waals surface area contributed by atoms with Crippen molar-refractivity contribution in [3.63, 3.8) is 0 Å². The van der Waals surface area contributed by atoms with Gasteiger partial charge in [0.25, 0.3) is 0 Å². The first-order chi connectivity index (χ1) is 8.17. The second-order valence-corrected chi connectivity index (χ2v) is 5.22. The van der Waals surface area contributed by atoms with Crippen LogP contribution in [0.5, 0.6) is 0 Å². The predicted octanol–water partition coefficient (Wildman–Crippen LogP) is 1.40. The SMILES string of the molecule is CC.[B]C1([B])CCC(CO)N1C(=O)OC(C)(C)C. The maximum atomic E-state index is 11.9. The minimum Gasteiger partial charge on any atom is -0.444 e. The number of amides is 1. The van der Waals surface area contributed by atoms with E-state index >= 15 is 0 Å². The number of likely N-dealkylation sites (tertiary alicyclic amines) is 1. The average Bonchev–Trinajstić information content (AvgIpc) is 2.54. The third kappa shape index (κ3) is 4.56. The third-order valence-corrected chi connectivity index (χ3v) is 2.49. The van der Waals surface area contributed by atoms with E-state index in [1.807, 2.05) is 13.8 Å². The van der Waals surface area contributed by atoms with Gasteiger partial charge in [0.2, 0.25) is 0 Å². The molecule has 0 aromatic rings. The van der Waals surface area contributed by atoms with Gasteiger partial charge in [0.15, 0.2) is 0 Å². The fraction of sp³-hybridized carbons (Fsp3) is 0.917. The quantitative estimate of drug-likeness (QED) is 0.716. The Morgan fingerprint density at radius 1 is 1.44 bits per heavy atom. The van der Waals surface area contributed by atoms with Crippen LogP contribution in [0.3, 0.4) is 0 Å². The molecule has 1 amide bonds. The van der Waals surface area contributed by atoms with Gasteiger partial charge in [0.05, 0.1) is 28.3 Å². The molecule has 1 aliphatic heterocycles. The lowest BCUT2D eigenvalue weighted by Crippen LogP contribution is -2.54. The standard InChI is InChI=1S/C10H17B2NO3.C2H6/c1-9(2,3)16-8(15)13-7(6-14)4-5-10(13,11)12;1-2/h7,14H,4-6H2,1-3H3;1-2H3. The van der Waals surface area contributed by atoms with E-state index < -0.39 is 17.0 Å². The van der Waals surface area contributed by atoms with Crippen molar-refractivity contribution in [2.45, 2.75) is 64.4 Å². The van der Waals surface area contributed by atoms with Gasteiger partial charge in [-0.25, -0.2) is 4.79 Å². The molecule has 6 heteroatoms. The molecular weight excluding hydrogens is 228 g/mol. The van der Waals surface area contributed by atoms with Crippen LogP contribution in [0, 0.1) is 0 Å². The van der Waals surface area contributed by atoms with Gasteiger partial charge in [-0.15, -0.1) is 0 Å². The molecule has 1 heterocycles. The zero-order valence-electron chi connectivity index (χ0n) is 12.1. The Hall–Kier alpha value is -0.640. The summed E-state index contributed by atoms with van der Waals surface area (Å²) in [4.78, 5) is 13.1. The van der Waals surface area contributed by atoms with E-state index in [1.165, 1.54) is 4.90 Å². The van der Waals surface area contributed by atoms with Crippen LogP contribution in [0.15, 0.2) is 0 Å². The molecule has 4 nitrogen and oxygen atoms in total. The molecule has 4 radical (unpaired) electrons. The first-order valence-electron chi connectivity index (χ1n) is 6.38. The zero-order chi connectivity index (χ0) is 14.6. The second kappa shape index (κ2) is 6.50. The van der Waals surface area contributed by atoms with Crippen LogP contribution >= 0.6 is 0 Å². The van der Waals surface area contributed by atoms with Crippen LogP contribution in [0.4, 0.5) is 4.79 Å². The highest BCUT2D eigenvalue weighted by molar-refractivity contribution is 6.41. The Bertz CT molecular complexity index is 277. The third-order valence-electron chi connectivity index (χ3n) is 2.49. The number of carbonyl (C=O) groups is 1. The Kier molecular flexibility index (Phi) is 6.27. The summed E-state index contributed by atoms with van der Waals surface area (Å²) in [6.45, 7) is 9.15. The van der Waals surface area contributed by atoms with Crippen molar-refractivity contribution in [2.24, 2.45) is 0 Å². The minimum absolute atomic E-state index is 0.157. The molecule has 100 valence electrons. The van der Waals surface area contributed by atoms with Crippen LogP contribution in [0.1, 0.15) is 47.5 Å². The van der Waals surface area contributed by atoms with Gasteiger partial charge in [-0.2, -0.15) is 0 Å². The van der Waals surface area contributed by atoms with Crippen LogP contribution in [0.25, 0.3) is 0 Å². The first kappa shape index (κ1) is 17.4. The number of aliphatic hydroxyl groups is 1. The molecule has 0 aliphatic carbocycles. The zero-order valence-corrected chi connectivity index (χ0v) is 12.1. The van der Waals surface area contributed by atoms with Gasteiger partial charge in [0.1, 0.15) is 5.60 Å². The number of hydrogen-bond acceptors (Lipinski definition) is 3. The highest BCUT2D eigenvalue weighted by Gasteiger charge is 2.42. The van der Waals surface area contributed by atoms with Gasteiger partial charge in [-0.3, -0.25) is 0 Å². The van der Waals surface area contributed by atoms with Crippen molar-refractivity contribution >= 4 is 21.8 Å². The van der Waals surface area contributed by atoms with Crippen molar-refractivity contribution in [1.29, 1.82) is 0 Å². The van der Waals surface area contributed by atoms with Crippen molar-refractivity contribution in [3.8, 4) is 0 Å². The first-order valence-corrected chi connectivity index (χ1v) is 6.38. The van der Waals surface area contributed by atoms with Crippen LogP contribution < -0.4 is 0 Å². The van der Waals surface area contributed by atoms with Crippen molar-refractivity contribution in [3.05, 3.63) is 0 Å². The highest BCUT2D eigenvalue weighted by Crippen LogP contribution is 2.30. The molecule has 1 N–H and O–H groups in total. The smallest absolute Gasteiger partial charge is 0.409 e. The lowest BCUT2D eigenvalue weighted by molar-refractivity contribution is 0.0117. The summed E-state index contributed by atoms with van der Waals surface area (Å²) >= 11 is 0. The number of aliphatic hydroxyl groups excluding tert-OH is 1. The number of rotatable bonds is 1. The molecule has 0 aromatic heterocycles. The molecule has 1 atom stereocenters. The molecule has 1 aliphatic rings. The number of nitrogens with zero attached hydrogens (tertiary/aromatic N) is 1. The molecular formula is C12H23B2NO3. The largest absolute Gasteiger partial charge is 0.444 e.